The van der Waals surface area contributed by atoms with E-state index in [0.29, 0.717) is 44.2 Å². The van der Waals surface area contributed by atoms with Crippen LogP contribution < -0.4 is 15.8 Å². The normalized spacial score (nSPS) is 29.7. The number of amides is 2. The molecule has 3 unspecified atom stereocenters. The molecule has 0 aromatic heterocycles. The van der Waals surface area contributed by atoms with Gasteiger partial charge in [-0.2, -0.15) is 0 Å². The van der Waals surface area contributed by atoms with Gasteiger partial charge in [-0.15, -0.1) is 0 Å². The second-order valence-electron chi connectivity index (χ2n) is 15.8. The third kappa shape index (κ3) is 9.15. The van der Waals surface area contributed by atoms with Crippen LogP contribution in [0.3, 0.4) is 0 Å². The number of primary amides is 1. The minimum atomic E-state index is -0.884. The van der Waals surface area contributed by atoms with Gasteiger partial charge < -0.3 is 39.8 Å². The van der Waals surface area contributed by atoms with Crippen LogP contribution in [-0.4, -0.2) is 82.2 Å². The molecule has 5 rings (SSSR count). The molecule has 51 heavy (non-hydrogen) atoms. The number of fused-ring (bicyclic) bond motifs is 5. The van der Waals surface area contributed by atoms with Crippen LogP contribution in [0.5, 0.6) is 11.5 Å². The Bertz CT molecular complexity index is 1410. The molecule has 0 spiro atoms. The van der Waals surface area contributed by atoms with Crippen molar-refractivity contribution in [3.8, 4) is 11.5 Å². The number of Topliss-reactive ketones (excluding diaryl/α,β-unsaturated/α-hetero) is 1. The average Bonchev–Trinajstić information content (AvgIpc) is 3.44. The van der Waals surface area contributed by atoms with E-state index < -0.39 is 17.6 Å². The van der Waals surface area contributed by atoms with Crippen LogP contribution in [0.15, 0.2) is 23.8 Å². The van der Waals surface area contributed by atoms with E-state index in [-0.39, 0.29) is 54.6 Å². The molecule has 0 radical (unpaired) electrons. The lowest BCUT2D eigenvalue weighted by Crippen LogP contribution is -2.51. The number of aromatic hydroxyl groups is 1. The zero-order valence-electron chi connectivity index (χ0n) is 31.1. The average molecular weight is 713 g/mol. The summed E-state index contributed by atoms with van der Waals surface area (Å²) in [7, 11) is 1.34. The zero-order valence-corrected chi connectivity index (χ0v) is 31.1. The number of benzene rings is 1. The van der Waals surface area contributed by atoms with Crippen LogP contribution >= 0.6 is 0 Å². The number of allylic oxidation sites excluding steroid dienone is 2. The standard InChI is InChI=1S/C40H60N2O9/c1-26-14-16-39(2)27(23-26)8-9-29-30-10-13-34(40(30,3)17-15-31(29)39)51-20-6-19-49-24-28(43)7-5-18-48-21-22-50-25-35(44)42-32-11-12-33(47-4)36(37(32)45)38(41)46/h8,11-12,26,29-31,34,45H,5-7,9-10,13-25H2,1-4H3,(H2,41,46)(H,42,44)/t26-,29?,30?,31?,34-,39-,40-/m1/s1. The highest BCUT2D eigenvalue weighted by Gasteiger charge is 2.58. The van der Waals surface area contributed by atoms with Gasteiger partial charge in [0.1, 0.15) is 24.5 Å². The summed E-state index contributed by atoms with van der Waals surface area (Å²) < 4.78 is 28.0. The highest BCUT2D eigenvalue weighted by atomic mass is 16.5. The van der Waals surface area contributed by atoms with Crippen molar-refractivity contribution in [2.45, 2.75) is 97.5 Å². The molecular formula is C40H60N2O9. The van der Waals surface area contributed by atoms with Crippen molar-refractivity contribution in [2.75, 3.05) is 58.7 Å². The Labute approximate surface area is 303 Å². The predicted octanol–water partition coefficient (Wildman–Crippen LogP) is 6.21. The van der Waals surface area contributed by atoms with Crippen LogP contribution in [0.2, 0.25) is 0 Å². The number of rotatable bonds is 19. The summed E-state index contributed by atoms with van der Waals surface area (Å²) in [6.45, 7) is 9.34. The summed E-state index contributed by atoms with van der Waals surface area (Å²) in [6.07, 6.45) is 15.1. The van der Waals surface area contributed by atoms with Crippen LogP contribution in [-0.2, 0) is 28.5 Å². The molecule has 2 amide bonds. The molecule has 4 N–H and O–H groups in total. The van der Waals surface area contributed by atoms with Gasteiger partial charge in [0.15, 0.2) is 11.5 Å². The molecule has 0 aliphatic heterocycles. The Hall–Kier alpha value is -2.99. The Morgan fingerprint density at radius 3 is 2.47 bits per heavy atom. The van der Waals surface area contributed by atoms with Crippen molar-refractivity contribution in [1.82, 2.24) is 0 Å². The largest absolute Gasteiger partial charge is 0.505 e. The van der Waals surface area contributed by atoms with E-state index >= 15 is 0 Å². The van der Waals surface area contributed by atoms with Crippen LogP contribution in [0, 0.1) is 34.5 Å². The van der Waals surface area contributed by atoms with E-state index in [0.717, 1.165) is 36.5 Å². The van der Waals surface area contributed by atoms with Gasteiger partial charge in [0.05, 0.1) is 32.1 Å². The van der Waals surface area contributed by atoms with Crippen molar-refractivity contribution < 1.29 is 43.2 Å². The molecule has 1 aromatic rings. The van der Waals surface area contributed by atoms with Gasteiger partial charge >= 0.3 is 0 Å². The van der Waals surface area contributed by atoms with Gasteiger partial charge in [-0.25, -0.2) is 0 Å². The highest BCUT2D eigenvalue weighted by molar-refractivity contribution is 6.02. The third-order valence-electron chi connectivity index (χ3n) is 12.5. The molecule has 7 atom stereocenters. The Kier molecular flexibility index (Phi) is 13.6. The maximum atomic E-state index is 12.3. The maximum absolute atomic E-state index is 12.3. The number of ketones is 1. The van der Waals surface area contributed by atoms with Crippen molar-refractivity contribution in [3.63, 3.8) is 0 Å². The predicted molar refractivity (Wildman–Crippen MR) is 194 cm³/mol. The summed E-state index contributed by atoms with van der Waals surface area (Å²) in [5.74, 6) is 1.50. The third-order valence-corrected chi connectivity index (χ3v) is 12.5. The Balaban J connectivity index is 0.878. The number of nitrogens with two attached hydrogens (primary N) is 1. The molecule has 4 aliphatic carbocycles. The smallest absolute Gasteiger partial charge is 0.256 e. The van der Waals surface area contributed by atoms with Gasteiger partial charge in [0.2, 0.25) is 5.91 Å². The molecule has 3 fully saturated rings. The first-order chi connectivity index (χ1) is 24.5. The number of carbonyl (C=O) groups is 3. The summed E-state index contributed by atoms with van der Waals surface area (Å²) >= 11 is 0. The van der Waals surface area contributed by atoms with E-state index in [1.54, 1.807) is 5.57 Å². The molecule has 3 saturated carbocycles. The molecule has 4 aliphatic rings. The number of ether oxygens (including phenoxy) is 5. The molecule has 0 heterocycles. The first kappa shape index (κ1) is 39.2. The fourth-order valence-electron chi connectivity index (χ4n) is 9.74. The van der Waals surface area contributed by atoms with E-state index in [9.17, 15) is 19.5 Å². The van der Waals surface area contributed by atoms with E-state index in [1.165, 1.54) is 64.2 Å². The van der Waals surface area contributed by atoms with Gasteiger partial charge in [-0.1, -0.05) is 32.4 Å². The van der Waals surface area contributed by atoms with Gasteiger partial charge in [-0.3, -0.25) is 14.4 Å². The SMILES string of the molecule is COc1ccc(NC(=O)COCCOCCCC(=O)COCCCO[C@@H]2CCC3C4CC=C5C[C@H](C)CC[C@@]5(C)C4CC[C@]32C)c(O)c1C(N)=O. The van der Waals surface area contributed by atoms with Crippen molar-refractivity contribution >= 4 is 23.3 Å². The van der Waals surface area contributed by atoms with Crippen molar-refractivity contribution in [3.05, 3.63) is 29.3 Å². The second kappa shape index (κ2) is 17.7. The van der Waals surface area contributed by atoms with Crippen molar-refractivity contribution in [2.24, 2.45) is 40.2 Å². The first-order valence-electron chi connectivity index (χ1n) is 19.0. The molecule has 1 aromatic carbocycles. The minimum Gasteiger partial charge on any atom is -0.505 e. The summed E-state index contributed by atoms with van der Waals surface area (Å²) in [4.78, 5) is 36.1. The lowest BCUT2D eigenvalue weighted by Gasteiger charge is -2.58. The number of hydrogen-bond donors (Lipinski definition) is 3. The van der Waals surface area contributed by atoms with Crippen LogP contribution in [0.4, 0.5) is 5.69 Å². The van der Waals surface area contributed by atoms with Crippen molar-refractivity contribution in [1.29, 1.82) is 0 Å². The summed E-state index contributed by atoms with van der Waals surface area (Å²) in [5, 5.41) is 12.8. The molecule has 11 nitrogen and oxygen atoms in total. The summed E-state index contributed by atoms with van der Waals surface area (Å²) in [6, 6.07) is 2.82. The number of carbonyl (C=O) groups excluding carboxylic acids is 3. The summed E-state index contributed by atoms with van der Waals surface area (Å²) in [5.41, 5.74) is 7.55. The maximum Gasteiger partial charge on any atom is 0.256 e. The monoisotopic (exact) mass is 712 g/mol. The molecule has 0 saturated heterocycles. The van der Waals surface area contributed by atoms with E-state index in [1.807, 2.05) is 0 Å². The van der Waals surface area contributed by atoms with E-state index in [4.69, 9.17) is 29.4 Å². The number of nitrogens with one attached hydrogen (secondary N) is 1. The number of methoxy groups -OCH3 is 1. The first-order valence-corrected chi connectivity index (χ1v) is 19.0. The Morgan fingerprint density at radius 1 is 0.922 bits per heavy atom. The number of phenols is 1. The molecule has 11 heteroatoms. The van der Waals surface area contributed by atoms with E-state index in [2.05, 4.69) is 32.2 Å². The van der Waals surface area contributed by atoms with Crippen LogP contribution in [0.1, 0.15) is 102 Å². The molecule has 0 bridgehead atoms. The topological polar surface area (TPSA) is 156 Å². The zero-order chi connectivity index (χ0) is 36.6. The van der Waals surface area contributed by atoms with Crippen LogP contribution in [0.25, 0.3) is 0 Å². The lowest BCUT2D eigenvalue weighted by molar-refractivity contribution is -0.124. The van der Waals surface area contributed by atoms with Gasteiger partial charge in [0, 0.05) is 26.2 Å². The number of hydrogen-bond acceptors (Lipinski definition) is 9. The fourth-order valence-corrected chi connectivity index (χ4v) is 9.74. The number of anilines is 1. The molecular weight excluding hydrogens is 652 g/mol. The second-order valence-corrected chi connectivity index (χ2v) is 15.8. The molecule has 284 valence electrons. The quantitative estimate of drug-likeness (QED) is 0.0862. The highest BCUT2D eigenvalue weighted by Crippen LogP contribution is 2.65. The minimum absolute atomic E-state index is 0.0174. The van der Waals surface area contributed by atoms with Gasteiger partial charge in [-0.05, 0) is 111 Å². The van der Waals surface area contributed by atoms with Gasteiger partial charge in [0.25, 0.3) is 5.91 Å². The Morgan fingerprint density at radius 2 is 1.69 bits per heavy atom. The lowest BCUT2D eigenvalue weighted by atomic mass is 9.47. The fraction of sp³-hybridized carbons (Fsp3) is 0.725.